The Bertz CT molecular complexity index is 1060. The molecule has 4 nitrogen and oxygen atoms in total. The number of hydrogen-bond donors (Lipinski definition) is 2. The van der Waals surface area contributed by atoms with Crippen molar-refractivity contribution in [2.75, 3.05) is 6.61 Å². The number of rotatable bonds is 7. The summed E-state index contributed by atoms with van der Waals surface area (Å²) in [5.74, 6) is 0.00270. The van der Waals surface area contributed by atoms with Crippen LogP contribution in [0.1, 0.15) is 78.5 Å². The number of phenolic OH excluding ortho intramolecular Hbond substituents is 1. The van der Waals surface area contributed by atoms with E-state index in [4.69, 9.17) is 9.84 Å². The van der Waals surface area contributed by atoms with Crippen molar-refractivity contribution >= 4 is 12.0 Å². The van der Waals surface area contributed by atoms with Gasteiger partial charge in [0.15, 0.2) is 0 Å². The van der Waals surface area contributed by atoms with Gasteiger partial charge in [0.25, 0.3) is 0 Å². The van der Waals surface area contributed by atoms with Crippen LogP contribution in [0.4, 0.5) is 0 Å². The Hall–Kier alpha value is -3.01. The average molecular weight is 451 g/mol. The summed E-state index contributed by atoms with van der Waals surface area (Å²) in [6.45, 7) is 17.5. The molecular weight excluding hydrogens is 412 g/mol. The fourth-order valence-corrected chi connectivity index (χ4v) is 3.52. The summed E-state index contributed by atoms with van der Waals surface area (Å²) >= 11 is 0. The lowest BCUT2D eigenvalue weighted by molar-refractivity contribution is -0.131. The molecule has 2 aromatic carbocycles. The van der Waals surface area contributed by atoms with Crippen LogP contribution in [-0.2, 0) is 15.6 Å². The lowest BCUT2D eigenvalue weighted by Crippen LogP contribution is -2.18. The molecule has 0 bridgehead atoms. The first kappa shape index (κ1) is 26.2. The van der Waals surface area contributed by atoms with Crippen molar-refractivity contribution in [3.63, 3.8) is 0 Å². The molecule has 178 valence electrons. The van der Waals surface area contributed by atoms with E-state index in [1.54, 1.807) is 19.1 Å². The Kier molecular flexibility index (Phi) is 8.18. The van der Waals surface area contributed by atoms with E-state index < -0.39 is 5.97 Å². The number of carbonyl (C=O) groups is 1. The maximum atomic E-state index is 10.9. The van der Waals surface area contributed by atoms with Crippen molar-refractivity contribution < 1.29 is 19.7 Å². The molecule has 0 unspecified atom stereocenters. The SMILES string of the molecule is CCCOc1c(-c2cc(/C=C/C(C)=C/C(=O)O)ccc2O)cc(C(C)(C)C)cc1C(C)(C)C. The third-order valence-corrected chi connectivity index (χ3v) is 5.41. The molecule has 0 fully saturated rings. The largest absolute Gasteiger partial charge is 0.507 e. The van der Waals surface area contributed by atoms with E-state index in [1.807, 2.05) is 18.2 Å². The van der Waals surface area contributed by atoms with Gasteiger partial charge in [-0.2, -0.15) is 0 Å². The highest BCUT2D eigenvalue weighted by molar-refractivity contribution is 5.82. The third-order valence-electron chi connectivity index (χ3n) is 5.41. The zero-order chi connectivity index (χ0) is 25.0. The highest BCUT2D eigenvalue weighted by Crippen LogP contribution is 2.45. The van der Waals surface area contributed by atoms with Gasteiger partial charge < -0.3 is 14.9 Å². The van der Waals surface area contributed by atoms with Crippen LogP contribution in [0.2, 0.25) is 0 Å². The van der Waals surface area contributed by atoms with Gasteiger partial charge in [-0.25, -0.2) is 4.79 Å². The van der Waals surface area contributed by atoms with Gasteiger partial charge in [-0.05, 0) is 59.1 Å². The normalized spacial score (nSPS) is 12.9. The van der Waals surface area contributed by atoms with Gasteiger partial charge in [0.05, 0.1) is 6.61 Å². The average Bonchev–Trinajstić information content (AvgIpc) is 2.69. The maximum absolute atomic E-state index is 10.9. The molecule has 0 saturated heterocycles. The van der Waals surface area contributed by atoms with Crippen LogP contribution in [0.15, 0.2) is 48.1 Å². The van der Waals surface area contributed by atoms with Crippen LogP contribution in [0.5, 0.6) is 11.5 Å². The van der Waals surface area contributed by atoms with Gasteiger partial charge in [-0.1, -0.05) is 72.8 Å². The molecule has 33 heavy (non-hydrogen) atoms. The fraction of sp³-hybridized carbons (Fsp3) is 0.414. The molecule has 0 radical (unpaired) electrons. The predicted octanol–water partition coefficient (Wildman–Crippen LogP) is 7.49. The van der Waals surface area contributed by atoms with Crippen molar-refractivity contribution in [2.24, 2.45) is 0 Å². The van der Waals surface area contributed by atoms with Gasteiger partial charge in [-0.3, -0.25) is 0 Å². The summed E-state index contributed by atoms with van der Waals surface area (Å²) in [5.41, 5.74) is 5.11. The van der Waals surface area contributed by atoms with E-state index in [9.17, 15) is 9.90 Å². The second kappa shape index (κ2) is 10.3. The lowest BCUT2D eigenvalue weighted by Gasteiger charge is -2.29. The molecule has 0 atom stereocenters. The molecule has 0 aromatic heterocycles. The molecule has 4 heteroatoms. The summed E-state index contributed by atoms with van der Waals surface area (Å²) < 4.78 is 6.30. The molecule has 2 rings (SSSR count). The molecule has 0 aliphatic heterocycles. The van der Waals surface area contributed by atoms with Gasteiger partial charge in [-0.15, -0.1) is 0 Å². The summed E-state index contributed by atoms with van der Waals surface area (Å²) in [6.07, 6.45) is 5.65. The molecule has 2 N–H and O–H groups in total. The number of aliphatic carboxylic acids is 1. The van der Waals surface area contributed by atoms with Gasteiger partial charge in [0.2, 0.25) is 0 Å². The Morgan fingerprint density at radius 3 is 2.21 bits per heavy atom. The van der Waals surface area contributed by atoms with Gasteiger partial charge in [0, 0.05) is 22.8 Å². The van der Waals surface area contributed by atoms with Crippen LogP contribution in [-0.4, -0.2) is 22.8 Å². The second-order valence-electron chi connectivity index (χ2n) is 10.6. The number of allylic oxidation sites excluding steroid dienone is 2. The topological polar surface area (TPSA) is 66.8 Å². The quantitative estimate of drug-likeness (QED) is 0.339. The van der Waals surface area contributed by atoms with Crippen molar-refractivity contribution in [2.45, 2.75) is 72.6 Å². The zero-order valence-corrected chi connectivity index (χ0v) is 21.2. The Morgan fingerprint density at radius 1 is 1.00 bits per heavy atom. The first-order chi connectivity index (χ1) is 15.2. The van der Waals surface area contributed by atoms with Crippen molar-refractivity contribution in [1.29, 1.82) is 0 Å². The third kappa shape index (κ3) is 6.98. The monoisotopic (exact) mass is 450 g/mol. The van der Waals surface area contributed by atoms with Crippen LogP contribution in [0.3, 0.4) is 0 Å². The van der Waals surface area contributed by atoms with E-state index in [0.29, 0.717) is 17.7 Å². The number of carboxylic acids is 1. The summed E-state index contributed by atoms with van der Waals surface area (Å²) in [7, 11) is 0. The van der Waals surface area contributed by atoms with E-state index >= 15 is 0 Å². The molecule has 0 spiro atoms. The van der Waals surface area contributed by atoms with E-state index in [1.165, 1.54) is 5.56 Å². The predicted molar refractivity (Wildman–Crippen MR) is 137 cm³/mol. The smallest absolute Gasteiger partial charge is 0.328 e. The fourth-order valence-electron chi connectivity index (χ4n) is 3.52. The molecule has 0 aliphatic carbocycles. The minimum absolute atomic E-state index is 0.0795. The minimum Gasteiger partial charge on any atom is -0.507 e. The number of benzene rings is 2. The molecule has 0 aliphatic rings. The number of aromatic hydroxyl groups is 1. The summed E-state index contributed by atoms with van der Waals surface area (Å²) in [5, 5.41) is 19.8. The Balaban J connectivity index is 2.78. The summed E-state index contributed by atoms with van der Waals surface area (Å²) in [6, 6.07) is 9.77. The summed E-state index contributed by atoms with van der Waals surface area (Å²) in [4.78, 5) is 10.9. The van der Waals surface area contributed by atoms with E-state index in [2.05, 4.69) is 60.6 Å². The first-order valence-corrected chi connectivity index (χ1v) is 11.5. The Morgan fingerprint density at radius 2 is 1.67 bits per heavy atom. The minimum atomic E-state index is -0.977. The number of ether oxygens (including phenoxy) is 1. The molecule has 2 aromatic rings. The van der Waals surface area contributed by atoms with Crippen molar-refractivity contribution in [1.82, 2.24) is 0 Å². The highest BCUT2D eigenvalue weighted by Gasteiger charge is 2.27. The highest BCUT2D eigenvalue weighted by atomic mass is 16.5. The van der Waals surface area contributed by atoms with Gasteiger partial charge in [0.1, 0.15) is 11.5 Å². The molecule has 0 saturated carbocycles. The number of hydrogen-bond acceptors (Lipinski definition) is 3. The van der Waals surface area contributed by atoms with Crippen LogP contribution >= 0.6 is 0 Å². The molecule has 0 heterocycles. The Labute approximate surface area is 198 Å². The van der Waals surface area contributed by atoms with Gasteiger partial charge >= 0.3 is 5.97 Å². The van der Waals surface area contributed by atoms with Crippen molar-refractivity contribution in [3.8, 4) is 22.6 Å². The number of carboxylic acid groups (broad SMARTS) is 1. The number of phenols is 1. The first-order valence-electron chi connectivity index (χ1n) is 11.5. The van der Waals surface area contributed by atoms with Crippen LogP contribution in [0.25, 0.3) is 17.2 Å². The molecular formula is C29H38O4. The van der Waals surface area contributed by atoms with E-state index in [-0.39, 0.29) is 16.6 Å². The van der Waals surface area contributed by atoms with Crippen molar-refractivity contribution in [3.05, 3.63) is 64.7 Å². The lowest BCUT2D eigenvalue weighted by atomic mass is 9.78. The maximum Gasteiger partial charge on any atom is 0.328 e. The van der Waals surface area contributed by atoms with E-state index in [0.717, 1.165) is 34.9 Å². The standard InChI is InChI=1S/C29H38O4/c1-9-14-33-27-23(17-21(28(3,4)5)18-24(27)29(6,7)8)22-16-20(12-13-25(22)30)11-10-19(2)15-26(31)32/h10-13,15-18,30H,9,14H2,1-8H3,(H,31,32)/b11-10+,19-15+. The van der Waals surface area contributed by atoms with Crippen LogP contribution in [0, 0.1) is 0 Å². The second-order valence-corrected chi connectivity index (χ2v) is 10.6. The zero-order valence-electron chi connectivity index (χ0n) is 21.2. The molecule has 0 amide bonds. The van der Waals surface area contributed by atoms with Crippen LogP contribution < -0.4 is 4.74 Å².